The highest BCUT2D eigenvalue weighted by atomic mass is 127. The molecule has 2 heterocycles. The van der Waals surface area contributed by atoms with Gasteiger partial charge in [-0.15, -0.1) is 11.6 Å². The normalized spacial score (nSPS) is 11.2. The van der Waals surface area contributed by atoms with Crippen molar-refractivity contribution < 1.29 is 0 Å². The van der Waals surface area contributed by atoms with Crippen LogP contribution in [0.2, 0.25) is 0 Å². The Kier molecular flexibility index (Phi) is 3.94. The molecule has 0 spiro atoms. The lowest BCUT2D eigenvalue weighted by Crippen LogP contribution is -2.06. The zero-order valence-corrected chi connectivity index (χ0v) is 13.9. The molecule has 1 aromatic carbocycles. The number of nitrogens with zero attached hydrogens (tertiary/aromatic N) is 3. The molecule has 0 atom stereocenters. The minimum atomic E-state index is 0.400. The lowest BCUT2D eigenvalue weighted by atomic mass is 10.2. The first-order valence-electron chi connectivity index (χ1n) is 6.30. The van der Waals surface area contributed by atoms with Crippen LogP contribution in [0.4, 0.5) is 0 Å². The van der Waals surface area contributed by atoms with Gasteiger partial charge in [0.2, 0.25) is 0 Å². The van der Waals surface area contributed by atoms with Gasteiger partial charge in [-0.2, -0.15) is 0 Å². The largest absolute Gasteiger partial charge is 0.321 e. The summed E-state index contributed by atoms with van der Waals surface area (Å²) in [7, 11) is 0. The number of imidazole rings is 1. The van der Waals surface area contributed by atoms with Gasteiger partial charge in [-0.1, -0.05) is 6.07 Å². The van der Waals surface area contributed by atoms with Crippen LogP contribution >= 0.6 is 34.2 Å². The second-order valence-corrected chi connectivity index (χ2v) is 6.16. The Balaban J connectivity index is 2.12. The monoisotopic (exact) mass is 397 g/mol. The van der Waals surface area contributed by atoms with Gasteiger partial charge in [-0.05, 0) is 59.3 Å². The number of aromatic nitrogens is 3. The summed E-state index contributed by atoms with van der Waals surface area (Å²) in [5, 5.41) is 0. The molecule has 0 saturated carbocycles. The van der Waals surface area contributed by atoms with E-state index >= 15 is 0 Å². The van der Waals surface area contributed by atoms with Crippen molar-refractivity contribution in [3.8, 4) is 0 Å². The van der Waals surface area contributed by atoms with Gasteiger partial charge in [0.05, 0.1) is 29.2 Å². The van der Waals surface area contributed by atoms with Crippen LogP contribution in [-0.2, 0) is 12.4 Å². The summed E-state index contributed by atoms with van der Waals surface area (Å²) < 4.78 is 3.32. The standard InChI is InChI=1S/C15H13ClIN3/c1-10-3-2-6-18-13(10)9-20-14-5-4-11(17)7-12(14)19-15(20)8-16/h2-7H,8-9H2,1H3. The number of fused-ring (bicyclic) bond motifs is 1. The highest BCUT2D eigenvalue weighted by Gasteiger charge is 2.12. The molecule has 3 aromatic rings. The number of rotatable bonds is 3. The highest BCUT2D eigenvalue weighted by Crippen LogP contribution is 2.21. The molecule has 20 heavy (non-hydrogen) atoms. The van der Waals surface area contributed by atoms with Crippen LogP contribution in [0.15, 0.2) is 36.5 Å². The average molecular weight is 398 g/mol. The third-order valence-corrected chi connectivity index (χ3v) is 4.24. The van der Waals surface area contributed by atoms with Gasteiger partial charge in [0, 0.05) is 9.77 Å². The SMILES string of the molecule is Cc1cccnc1Cn1c(CCl)nc2cc(I)ccc21. The van der Waals surface area contributed by atoms with Crippen molar-refractivity contribution in [1.29, 1.82) is 0 Å². The summed E-state index contributed by atoms with van der Waals surface area (Å²) in [6, 6.07) is 10.3. The van der Waals surface area contributed by atoms with Crippen LogP contribution in [0.1, 0.15) is 17.1 Å². The summed E-state index contributed by atoms with van der Waals surface area (Å²) in [5.41, 5.74) is 4.32. The Morgan fingerprint density at radius 2 is 2.15 bits per heavy atom. The number of hydrogen-bond donors (Lipinski definition) is 0. The van der Waals surface area contributed by atoms with E-state index in [0.29, 0.717) is 12.4 Å². The number of alkyl halides is 1. The van der Waals surface area contributed by atoms with Crippen molar-refractivity contribution in [2.45, 2.75) is 19.3 Å². The van der Waals surface area contributed by atoms with Gasteiger partial charge in [-0.3, -0.25) is 4.98 Å². The van der Waals surface area contributed by atoms with Crippen LogP contribution in [0, 0.1) is 10.5 Å². The number of hydrogen-bond acceptors (Lipinski definition) is 2. The summed E-state index contributed by atoms with van der Waals surface area (Å²) in [4.78, 5) is 9.08. The van der Waals surface area contributed by atoms with E-state index in [-0.39, 0.29) is 0 Å². The quantitative estimate of drug-likeness (QED) is 0.491. The molecule has 0 amide bonds. The zero-order valence-electron chi connectivity index (χ0n) is 11.0. The maximum atomic E-state index is 6.04. The highest BCUT2D eigenvalue weighted by molar-refractivity contribution is 14.1. The Morgan fingerprint density at radius 1 is 1.30 bits per heavy atom. The Labute approximate surface area is 136 Å². The van der Waals surface area contributed by atoms with Crippen LogP contribution in [0.25, 0.3) is 11.0 Å². The van der Waals surface area contributed by atoms with Gasteiger partial charge >= 0.3 is 0 Å². The summed E-state index contributed by atoms with van der Waals surface area (Å²) in [5.74, 6) is 1.28. The van der Waals surface area contributed by atoms with E-state index in [2.05, 4.69) is 68.3 Å². The van der Waals surface area contributed by atoms with Crippen LogP contribution in [-0.4, -0.2) is 14.5 Å². The van der Waals surface area contributed by atoms with E-state index in [9.17, 15) is 0 Å². The van der Waals surface area contributed by atoms with Crippen molar-refractivity contribution in [2.24, 2.45) is 0 Å². The topological polar surface area (TPSA) is 30.7 Å². The second-order valence-electron chi connectivity index (χ2n) is 4.65. The van der Waals surface area contributed by atoms with Crippen LogP contribution < -0.4 is 0 Å². The predicted octanol–water partition coefficient (Wildman–Crippen LogP) is 4.13. The molecule has 0 saturated heterocycles. The fraction of sp³-hybridized carbons (Fsp3) is 0.200. The number of pyridine rings is 1. The van der Waals surface area contributed by atoms with Crippen LogP contribution in [0.3, 0.4) is 0 Å². The fourth-order valence-corrected chi connectivity index (χ4v) is 2.94. The fourth-order valence-electron chi connectivity index (χ4n) is 2.26. The molecule has 0 unspecified atom stereocenters. The first-order chi connectivity index (χ1) is 9.69. The number of benzene rings is 1. The van der Waals surface area contributed by atoms with Gasteiger partial charge in [0.25, 0.3) is 0 Å². The zero-order chi connectivity index (χ0) is 14.1. The van der Waals surface area contributed by atoms with E-state index in [4.69, 9.17) is 11.6 Å². The van der Waals surface area contributed by atoms with Crippen molar-refractivity contribution >= 4 is 45.2 Å². The second kappa shape index (κ2) is 5.69. The molecule has 0 aliphatic rings. The molecule has 3 nitrogen and oxygen atoms in total. The molecular formula is C15H13ClIN3. The Hall–Kier alpha value is -1.14. The molecule has 3 rings (SSSR count). The molecule has 0 fully saturated rings. The molecule has 2 aromatic heterocycles. The molecule has 102 valence electrons. The lowest BCUT2D eigenvalue weighted by molar-refractivity contribution is 0.752. The maximum absolute atomic E-state index is 6.04. The minimum Gasteiger partial charge on any atom is -0.321 e. The third kappa shape index (κ3) is 2.54. The Bertz CT molecular complexity index is 767. The number of halogens is 2. The van der Waals surface area contributed by atoms with Gasteiger partial charge in [-0.25, -0.2) is 4.98 Å². The van der Waals surface area contributed by atoms with E-state index in [0.717, 1.165) is 22.6 Å². The lowest BCUT2D eigenvalue weighted by Gasteiger charge is -2.09. The van der Waals surface area contributed by atoms with Crippen molar-refractivity contribution in [3.63, 3.8) is 0 Å². The molecule has 0 N–H and O–H groups in total. The molecule has 0 radical (unpaired) electrons. The smallest absolute Gasteiger partial charge is 0.125 e. The summed E-state index contributed by atoms with van der Waals surface area (Å²) >= 11 is 8.34. The summed E-state index contributed by atoms with van der Waals surface area (Å²) in [6.07, 6.45) is 1.82. The van der Waals surface area contributed by atoms with Gasteiger partial charge in [0.15, 0.2) is 0 Å². The minimum absolute atomic E-state index is 0.400. The van der Waals surface area contributed by atoms with E-state index < -0.39 is 0 Å². The van der Waals surface area contributed by atoms with Gasteiger partial charge < -0.3 is 4.57 Å². The predicted molar refractivity (Wildman–Crippen MR) is 90.1 cm³/mol. The Morgan fingerprint density at radius 3 is 2.90 bits per heavy atom. The van der Waals surface area contributed by atoms with E-state index in [1.54, 1.807) is 0 Å². The number of aryl methyl sites for hydroxylation is 1. The first kappa shape index (κ1) is 13.8. The molecule has 0 aliphatic carbocycles. The first-order valence-corrected chi connectivity index (χ1v) is 7.91. The molecular weight excluding hydrogens is 385 g/mol. The molecule has 0 bridgehead atoms. The van der Waals surface area contributed by atoms with Crippen molar-refractivity contribution in [3.05, 3.63) is 57.2 Å². The maximum Gasteiger partial charge on any atom is 0.125 e. The van der Waals surface area contributed by atoms with Crippen molar-refractivity contribution in [2.75, 3.05) is 0 Å². The summed E-state index contributed by atoms with van der Waals surface area (Å²) in [6.45, 7) is 2.77. The van der Waals surface area contributed by atoms with Gasteiger partial charge in [0.1, 0.15) is 5.82 Å². The average Bonchev–Trinajstić information content (AvgIpc) is 2.78. The molecule has 0 aliphatic heterocycles. The molecule has 5 heteroatoms. The van der Waals surface area contributed by atoms with E-state index in [1.807, 2.05) is 12.3 Å². The van der Waals surface area contributed by atoms with Crippen LogP contribution in [0.5, 0.6) is 0 Å². The van der Waals surface area contributed by atoms with E-state index in [1.165, 1.54) is 9.13 Å². The van der Waals surface area contributed by atoms with Crippen molar-refractivity contribution in [1.82, 2.24) is 14.5 Å². The third-order valence-electron chi connectivity index (χ3n) is 3.33.